The fraction of sp³-hybridized carbons (Fsp3) is 0.417. The molecule has 0 saturated heterocycles. The Bertz CT molecular complexity index is 435. The number of nitrogens with zero attached hydrogens (tertiary/aromatic N) is 1. The SMILES string of the molecule is O=C(c1ccc(F)c(Cl)c1)N(CCO)C1CC1. The van der Waals surface area contributed by atoms with E-state index in [1.165, 1.54) is 18.2 Å². The Morgan fingerprint density at radius 2 is 2.24 bits per heavy atom. The topological polar surface area (TPSA) is 40.5 Å². The smallest absolute Gasteiger partial charge is 0.254 e. The third-order valence-electron chi connectivity index (χ3n) is 2.76. The molecule has 1 N–H and O–H groups in total. The van der Waals surface area contributed by atoms with E-state index in [0.717, 1.165) is 12.8 Å². The van der Waals surface area contributed by atoms with Gasteiger partial charge >= 0.3 is 0 Å². The first-order valence-corrected chi connectivity index (χ1v) is 5.88. The van der Waals surface area contributed by atoms with E-state index in [9.17, 15) is 9.18 Å². The summed E-state index contributed by atoms with van der Waals surface area (Å²) in [4.78, 5) is 13.7. The van der Waals surface area contributed by atoms with E-state index in [-0.39, 0.29) is 23.6 Å². The van der Waals surface area contributed by atoms with Crippen molar-refractivity contribution >= 4 is 17.5 Å². The monoisotopic (exact) mass is 257 g/mol. The van der Waals surface area contributed by atoms with E-state index in [4.69, 9.17) is 16.7 Å². The lowest BCUT2D eigenvalue weighted by Gasteiger charge is -2.21. The lowest BCUT2D eigenvalue weighted by atomic mass is 10.2. The number of halogens is 2. The van der Waals surface area contributed by atoms with E-state index in [0.29, 0.717) is 12.1 Å². The molecule has 0 heterocycles. The second kappa shape index (κ2) is 5.02. The van der Waals surface area contributed by atoms with Crippen molar-refractivity contribution in [3.63, 3.8) is 0 Å². The quantitative estimate of drug-likeness (QED) is 0.897. The van der Waals surface area contributed by atoms with Crippen LogP contribution >= 0.6 is 11.6 Å². The minimum atomic E-state index is -0.539. The molecule has 1 aromatic rings. The van der Waals surface area contributed by atoms with Gasteiger partial charge in [-0.1, -0.05) is 11.6 Å². The highest BCUT2D eigenvalue weighted by Crippen LogP contribution is 2.28. The molecule has 3 nitrogen and oxygen atoms in total. The normalized spacial score (nSPS) is 14.8. The van der Waals surface area contributed by atoms with E-state index in [1.54, 1.807) is 4.90 Å². The van der Waals surface area contributed by atoms with Crippen molar-refractivity contribution in [1.29, 1.82) is 0 Å². The molecule has 5 heteroatoms. The van der Waals surface area contributed by atoms with Gasteiger partial charge in [0.1, 0.15) is 5.82 Å². The number of aliphatic hydroxyl groups excluding tert-OH is 1. The number of carbonyl (C=O) groups excluding carboxylic acids is 1. The molecule has 0 radical (unpaired) electrons. The van der Waals surface area contributed by atoms with Crippen LogP contribution in [0.5, 0.6) is 0 Å². The minimum Gasteiger partial charge on any atom is -0.395 e. The first-order valence-electron chi connectivity index (χ1n) is 5.50. The molecule has 0 atom stereocenters. The highest BCUT2D eigenvalue weighted by atomic mass is 35.5. The van der Waals surface area contributed by atoms with Gasteiger partial charge in [-0.2, -0.15) is 0 Å². The van der Waals surface area contributed by atoms with Gasteiger partial charge in [0, 0.05) is 18.2 Å². The minimum absolute atomic E-state index is 0.0596. The predicted octanol–water partition coefficient (Wildman–Crippen LogP) is 2.08. The van der Waals surface area contributed by atoms with E-state index in [1.807, 2.05) is 0 Å². The zero-order chi connectivity index (χ0) is 12.4. The Hall–Kier alpha value is -1.13. The van der Waals surface area contributed by atoms with Crippen LogP contribution in [0.3, 0.4) is 0 Å². The largest absolute Gasteiger partial charge is 0.395 e. The van der Waals surface area contributed by atoms with Crippen molar-refractivity contribution in [3.05, 3.63) is 34.6 Å². The standard InChI is InChI=1S/C12H13ClFNO2/c13-10-7-8(1-4-11(10)14)12(17)15(5-6-16)9-2-3-9/h1,4,7,9,16H,2-3,5-6H2. The molecular formula is C12H13ClFNO2. The van der Waals surface area contributed by atoms with Crippen LogP contribution in [0.1, 0.15) is 23.2 Å². The Morgan fingerprint density at radius 3 is 2.76 bits per heavy atom. The van der Waals surface area contributed by atoms with Crippen molar-refractivity contribution in [2.75, 3.05) is 13.2 Å². The summed E-state index contributed by atoms with van der Waals surface area (Å²) in [6.45, 7) is 0.232. The Labute approximate surface area is 104 Å². The average Bonchev–Trinajstić information content (AvgIpc) is 3.13. The molecule has 0 spiro atoms. The highest BCUT2D eigenvalue weighted by Gasteiger charge is 2.32. The zero-order valence-electron chi connectivity index (χ0n) is 9.20. The van der Waals surface area contributed by atoms with Crippen LogP contribution in [-0.4, -0.2) is 35.1 Å². The van der Waals surface area contributed by atoms with Crippen LogP contribution < -0.4 is 0 Å². The number of aliphatic hydroxyl groups is 1. The number of hydrogen-bond acceptors (Lipinski definition) is 2. The van der Waals surface area contributed by atoms with Gasteiger partial charge in [0.2, 0.25) is 0 Å². The number of rotatable bonds is 4. The molecule has 1 amide bonds. The molecule has 0 bridgehead atoms. The maximum absolute atomic E-state index is 13.0. The van der Waals surface area contributed by atoms with Gasteiger partial charge in [-0.25, -0.2) is 4.39 Å². The van der Waals surface area contributed by atoms with E-state index in [2.05, 4.69) is 0 Å². The summed E-state index contributed by atoms with van der Waals surface area (Å²) < 4.78 is 13.0. The lowest BCUT2D eigenvalue weighted by molar-refractivity contribution is 0.0707. The van der Waals surface area contributed by atoms with Gasteiger partial charge in [0.05, 0.1) is 11.6 Å². The average molecular weight is 258 g/mol. The van der Waals surface area contributed by atoms with Crippen LogP contribution in [-0.2, 0) is 0 Å². The van der Waals surface area contributed by atoms with Crippen LogP contribution in [0.4, 0.5) is 4.39 Å². The van der Waals surface area contributed by atoms with Gasteiger partial charge < -0.3 is 10.0 Å². The van der Waals surface area contributed by atoms with Crippen LogP contribution in [0.15, 0.2) is 18.2 Å². The summed E-state index contributed by atoms with van der Waals surface area (Å²) in [6, 6.07) is 4.13. The zero-order valence-corrected chi connectivity index (χ0v) is 9.95. The third-order valence-corrected chi connectivity index (χ3v) is 3.05. The predicted molar refractivity (Wildman–Crippen MR) is 62.6 cm³/mol. The van der Waals surface area contributed by atoms with Gasteiger partial charge in [-0.3, -0.25) is 4.79 Å². The summed E-state index contributed by atoms with van der Waals surface area (Å²) in [6.07, 6.45) is 1.92. The van der Waals surface area contributed by atoms with Gasteiger partial charge in [-0.15, -0.1) is 0 Å². The van der Waals surface area contributed by atoms with E-state index >= 15 is 0 Å². The number of carbonyl (C=O) groups is 1. The third kappa shape index (κ3) is 2.76. The molecular weight excluding hydrogens is 245 g/mol. The maximum atomic E-state index is 13.0. The Kier molecular flexibility index (Phi) is 3.64. The molecule has 1 fully saturated rings. The molecule has 92 valence electrons. The van der Waals surface area contributed by atoms with Gasteiger partial charge in [-0.05, 0) is 31.0 Å². The van der Waals surface area contributed by atoms with Gasteiger partial charge in [0.25, 0.3) is 5.91 Å². The summed E-state index contributed by atoms with van der Waals surface area (Å²) >= 11 is 5.64. The van der Waals surface area contributed by atoms with Crippen molar-refractivity contribution in [2.24, 2.45) is 0 Å². The fourth-order valence-corrected chi connectivity index (χ4v) is 1.92. The summed E-state index contributed by atoms with van der Waals surface area (Å²) in [7, 11) is 0. The molecule has 2 rings (SSSR count). The molecule has 1 aromatic carbocycles. The van der Waals surface area contributed by atoms with E-state index < -0.39 is 5.82 Å². The second-order valence-electron chi connectivity index (χ2n) is 4.08. The maximum Gasteiger partial charge on any atom is 0.254 e. The Morgan fingerprint density at radius 1 is 1.53 bits per heavy atom. The summed E-state index contributed by atoms with van der Waals surface area (Å²) in [5.41, 5.74) is 0.358. The highest BCUT2D eigenvalue weighted by molar-refractivity contribution is 6.31. The number of hydrogen-bond donors (Lipinski definition) is 1. The molecule has 0 aliphatic heterocycles. The molecule has 1 aliphatic rings. The second-order valence-corrected chi connectivity index (χ2v) is 4.49. The van der Waals surface area contributed by atoms with Crippen molar-refractivity contribution in [1.82, 2.24) is 4.90 Å². The van der Waals surface area contributed by atoms with Crippen molar-refractivity contribution in [3.8, 4) is 0 Å². The molecule has 1 aliphatic carbocycles. The summed E-state index contributed by atoms with van der Waals surface area (Å²) in [5, 5.41) is 8.87. The molecule has 17 heavy (non-hydrogen) atoms. The van der Waals surface area contributed by atoms with Gasteiger partial charge in [0.15, 0.2) is 0 Å². The lowest BCUT2D eigenvalue weighted by Crippen LogP contribution is -2.35. The molecule has 1 saturated carbocycles. The van der Waals surface area contributed by atoms with Crippen LogP contribution in [0.2, 0.25) is 5.02 Å². The van der Waals surface area contributed by atoms with Crippen LogP contribution in [0, 0.1) is 5.82 Å². The number of benzene rings is 1. The van der Waals surface area contributed by atoms with Crippen molar-refractivity contribution < 1.29 is 14.3 Å². The molecule has 0 aromatic heterocycles. The van der Waals surface area contributed by atoms with Crippen molar-refractivity contribution in [2.45, 2.75) is 18.9 Å². The number of amides is 1. The molecule has 0 unspecified atom stereocenters. The first kappa shape index (κ1) is 12.3. The Balaban J connectivity index is 2.19. The van der Waals surface area contributed by atoms with Crippen LogP contribution in [0.25, 0.3) is 0 Å². The first-order chi connectivity index (χ1) is 8.13. The fourth-order valence-electron chi connectivity index (χ4n) is 1.74. The summed E-state index contributed by atoms with van der Waals surface area (Å²) in [5.74, 6) is -0.744.